The number of aromatic nitrogens is 1. The molecule has 4 atom stereocenters. The SMILES string of the molecule is CCOC(=O)c1cn2c(c(OCc3ccccc3)c1=O)C(=O)N1[C@@H](C2)[C@@H]2C[C@H](C)[C@@H]1C2. The molecule has 5 rings (SSSR count). The lowest BCUT2D eigenvalue weighted by Gasteiger charge is -2.43. The lowest BCUT2D eigenvalue weighted by molar-refractivity contribution is 0.0388. The van der Waals surface area contributed by atoms with Gasteiger partial charge < -0.3 is 18.9 Å². The molecule has 0 spiro atoms. The molecule has 3 aliphatic rings. The van der Waals surface area contributed by atoms with Gasteiger partial charge in [-0.25, -0.2) is 4.79 Å². The molecule has 0 N–H and O–H groups in total. The highest BCUT2D eigenvalue weighted by atomic mass is 16.5. The highest BCUT2D eigenvalue weighted by Crippen LogP contribution is 2.48. The minimum atomic E-state index is -0.691. The van der Waals surface area contributed by atoms with Gasteiger partial charge in [0.1, 0.15) is 12.2 Å². The molecular weight excluding hydrogens is 396 g/mol. The Morgan fingerprint density at radius 3 is 2.65 bits per heavy atom. The third-order valence-electron chi connectivity index (χ3n) is 6.91. The number of piperidine rings is 1. The zero-order valence-electron chi connectivity index (χ0n) is 17.7. The topological polar surface area (TPSA) is 77.8 Å². The number of hydrogen-bond acceptors (Lipinski definition) is 5. The number of ether oxygens (including phenoxy) is 2. The van der Waals surface area contributed by atoms with Crippen LogP contribution in [0.5, 0.6) is 5.75 Å². The Bertz CT molecular complexity index is 1090. The largest absolute Gasteiger partial charge is 0.483 e. The van der Waals surface area contributed by atoms with Crippen LogP contribution in [0.15, 0.2) is 41.3 Å². The Balaban J connectivity index is 1.59. The second kappa shape index (κ2) is 7.55. The number of hydrogen-bond donors (Lipinski definition) is 0. The van der Waals surface area contributed by atoms with Gasteiger partial charge in [-0.3, -0.25) is 9.59 Å². The van der Waals surface area contributed by atoms with E-state index in [1.807, 2.05) is 35.2 Å². The van der Waals surface area contributed by atoms with Crippen LogP contribution in [-0.4, -0.2) is 40.0 Å². The molecule has 1 aromatic carbocycles. The van der Waals surface area contributed by atoms with E-state index in [9.17, 15) is 14.4 Å². The first-order valence-electron chi connectivity index (χ1n) is 10.9. The fraction of sp³-hybridized carbons (Fsp3) is 0.458. The fourth-order valence-corrected chi connectivity index (χ4v) is 5.53. The summed E-state index contributed by atoms with van der Waals surface area (Å²) in [5.74, 6) is -0.0184. The van der Waals surface area contributed by atoms with E-state index in [2.05, 4.69) is 6.92 Å². The van der Waals surface area contributed by atoms with Crippen LogP contribution in [0.3, 0.4) is 0 Å². The second-order valence-electron chi connectivity index (χ2n) is 8.75. The van der Waals surface area contributed by atoms with Crippen LogP contribution >= 0.6 is 0 Å². The molecule has 2 aromatic rings. The first kappa shape index (κ1) is 19.8. The van der Waals surface area contributed by atoms with Gasteiger partial charge in [0.2, 0.25) is 5.43 Å². The summed E-state index contributed by atoms with van der Waals surface area (Å²) < 4.78 is 12.8. The predicted octanol–water partition coefficient (Wildman–Crippen LogP) is 2.86. The van der Waals surface area contributed by atoms with Crippen LogP contribution in [0, 0.1) is 11.8 Å². The molecule has 31 heavy (non-hydrogen) atoms. The normalized spacial score (nSPS) is 25.9. The molecule has 1 saturated heterocycles. The van der Waals surface area contributed by atoms with Crippen LogP contribution in [-0.2, 0) is 17.9 Å². The van der Waals surface area contributed by atoms with E-state index < -0.39 is 11.4 Å². The van der Waals surface area contributed by atoms with Crippen molar-refractivity contribution in [1.82, 2.24) is 9.47 Å². The van der Waals surface area contributed by atoms with Crippen molar-refractivity contribution in [2.75, 3.05) is 6.61 Å². The lowest BCUT2D eigenvalue weighted by Crippen LogP contribution is -2.54. The van der Waals surface area contributed by atoms with Crippen molar-refractivity contribution >= 4 is 11.9 Å². The van der Waals surface area contributed by atoms with Crippen LogP contribution in [0.2, 0.25) is 0 Å². The molecule has 1 amide bonds. The van der Waals surface area contributed by atoms with Gasteiger partial charge in [-0.2, -0.15) is 0 Å². The average Bonchev–Trinajstić information content (AvgIpc) is 3.31. The molecular formula is C24H26N2O5. The lowest BCUT2D eigenvalue weighted by atomic mass is 9.91. The maximum atomic E-state index is 13.6. The maximum absolute atomic E-state index is 13.6. The summed E-state index contributed by atoms with van der Waals surface area (Å²) in [5.41, 5.74) is 0.429. The van der Waals surface area contributed by atoms with Gasteiger partial charge in [-0.1, -0.05) is 37.3 Å². The molecule has 2 aliphatic heterocycles. The Hall–Kier alpha value is -3.09. The molecule has 1 saturated carbocycles. The van der Waals surface area contributed by atoms with E-state index in [-0.39, 0.29) is 48.2 Å². The number of carbonyl (C=O) groups excluding carboxylic acids is 2. The Labute approximate surface area is 180 Å². The van der Waals surface area contributed by atoms with E-state index in [1.54, 1.807) is 11.5 Å². The van der Waals surface area contributed by atoms with E-state index in [0.717, 1.165) is 18.4 Å². The Morgan fingerprint density at radius 1 is 1.13 bits per heavy atom. The zero-order chi connectivity index (χ0) is 21.7. The quantitative estimate of drug-likeness (QED) is 0.693. The van der Waals surface area contributed by atoms with Crippen molar-refractivity contribution < 1.29 is 19.1 Å². The van der Waals surface area contributed by atoms with Crippen molar-refractivity contribution in [2.45, 2.75) is 51.9 Å². The summed E-state index contributed by atoms with van der Waals surface area (Å²) in [5, 5.41) is 0. The summed E-state index contributed by atoms with van der Waals surface area (Å²) >= 11 is 0. The first-order chi connectivity index (χ1) is 15.0. The zero-order valence-corrected chi connectivity index (χ0v) is 17.7. The number of amides is 1. The third kappa shape index (κ3) is 3.14. The number of esters is 1. The van der Waals surface area contributed by atoms with Crippen LogP contribution in [0.1, 0.15) is 53.1 Å². The van der Waals surface area contributed by atoms with E-state index in [1.165, 1.54) is 6.20 Å². The minimum Gasteiger partial charge on any atom is -0.483 e. The molecule has 7 heteroatoms. The average molecular weight is 422 g/mol. The number of fused-ring (bicyclic) bond motifs is 6. The van der Waals surface area contributed by atoms with Gasteiger partial charge in [0.05, 0.1) is 12.6 Å². The second-order valence-corrected chi connectivity index (χ2v) is 8.75. The summed E-state index contributed by atoms with van der Waals surface area (Å²) in [6, 6.07) is 9.74. The van der Waals surface area contributed by atoms with Crippen molar-refractivity contribution in [1.29, 1.82) is 0 Å². The highest BCUT2D eigenvalue weighted by Gasteiger charge is 2.54. The van der Waals surface area contributed by atoms with Crippen LogP contribution < -0.4 is 10.2 Å². The smallest absolute Gasteiger partial charge is 0.343 e. The van der Waals surface area contributed by atoms with Crippen molar-refractivity contribution in [3.05, 3.63) is 63.6 Å². The molecule has 3 heterocycles. The maximum Gasteiger partial charge on any atom is 0.343 e. The van der Waals surface area contributed by atoms with Gasteiger partial charge in [0.15, 0.2) is 11.4 Å². The van der Waals surface area contributed by atoms with Crippen LogP contribution in [0.4, 0.5) is 0 Å². The monoisotopic (exact) mass is 422 g/mol. The van der Waals surface area contributed by atoms with Crippen molar-refractivity contribution in [3.63, 3.8) is 0 Å². The van der Waals surface area contributed by atoms with Gasteiger partial charge in [-0.05, 0) is 37.2 Å². The van der Waals surface area contributed by atoms with Gasteiger partial charge in [0.25, 0.3) is 5.91 Å². The molecule has 2 bridgehead atoms. The number of benzene rings is 1. The summed E-state index contributed by atoms with van der Waals surface area (Å²) in [6.45, 7) is 4.74. The van der Waals surface area contributed by atoms with Gasteiger partial charge >= 0.3 is 5.97 Å². The predicted molar refractivity (Wildman–Crippen MR) is 113 cm³/mol. The Kier molecular flexibility index (Phi) is 4.84. The number of carbonyl (C=O) groups is 2. The molecule has 0 radical (unpaired) electrons. The van der Waals surface area contributed by atoms with Gasteiger partial charge in [0, 0.05) is 18.8 Å². The van der Waals surface area contributed by atoms with E-state index >= 15 is 0 Å². The number of rotatable bonds is 5. The number of nitrogens with zero attached hydrogens (tertiary/aromatic N) is 2. The van der Waals surface area contributed by atoms with Crippen molar-refractivity contribution in [3.8, 4) is 5.75 Å². The molecule has 0 unspecified atom stereocenters. The number of pyridine rings is 1. The Morgan fingerprint density at radius 2 is 1.90 bits per heavy atom. The fourth-order valence-electron chi connectivity index (χ4n) is 5.53. The molecule has 1 aliphatic carbocycles. The summed E-state index contributed by atoms with van der Waals surface area (Å²) in [6.07, 6.45) is 3.59. The third-order valence-corrected chi connectivity index (χ3v) is 6.91. The minimum absolute atomic E-state index is 0.0618. The van der Waals surface area contributed by atoms with Crippen molar-refractivity contribution in [2.24, 2.45) is 11.8 Å². The van der Waals surface area contributed by atoms with Gasteiger partial charge in [-0.15, -0.1) is 0 Å². The summed E-state index contributed by atoms with van der Waals surface area (Å²) in [7, 11) is 0. The molecule has 1 aromatic heterocycles. The van der Waals surface area contributed by atoms with Crippen LogP contribution in [0.25, 0.3) is 0 Å². The standard InChI is InChI=1S/C24H26N2O5/c1-3-30-24(29)17-11-25-12-19-16-9-14(2)18(10-16)26(19)23(28)20(25)22(21(17)27)31-13-15-7-5-4-6-8-15/h4-8,11,14,16,18-19H,3,9-10,12-13H2,1-2H3/t14-,16+,18-,19-/m0/s1. The van der Waals surface area contributed by atoms with E-state index in [4.69, 9.17) is 9.47 Å². The van der Waals surface area contributed by atoms with E-state index in [0.29, 0.717) is 18.4 Å². The molecule has 162 valence electrons. The first-order valence-corrected chi connectivity index (χ1v) is 10.9. The summed E-state index contributed by atoms with van der Waals surface area (Å²) in [4.78, 5) is 41.3. The highest BCUT2D eigenvalue weighted by molar-refractivity contribution is 5.98. The molecule has 2 fully saturated rings. The molecule has 7 nitrogen and oxygen atoms in total.